The van der Waals surface area contributed by atoms with Gasteiger partial charge in [0.2, 0.25) is 10.0 Å². The van der Waals surface area contributed by atoms with E-state index in [4.69, 9.17) is 0 Å². The van der Waals surface area contributed by atoms with Gasteiger partial charge in [-0.25, -0.2) is 13.4 Å². The number of hydrogen-bond donors (Lipinski definition) is 1. The molecule has 0 bridgehead atoms. The largest absolute Gasteiger partial charge is 0.370 e. The van der Waals surface area contributed by atoms with Gasteiger partial charge in [-0.05, 0) is 49.2 Å². The van der Waals surface area contributed by atoms with E-state index in [1.807, 2.05) is 6.07 Å². The molecule has 1 saturated heterocycles. The molecular formula is C22H30N4O3S. The van der Waals surface area contributed by atoms with E-state index >= 15 is 0 Å². The zero-order chi connectivity index (χ0) is 21.6. The summed E-state index contributed by atoms with van der Waals surface area (Å²) in [6.45, 7) is 6.48. The maximum Gasteiger partial charge on any atom is 0.256 e. The Bertz CT molecular complexity index is 931. The second kappa shape index (κ2) is 10.0. The highest BCUT2D eigenvalue weighted by Crippen LogP contribution is 2.21. The third-order valence-electron chi connectivity index (χ3n) is 5.42. The minimum atomic E-state index is -3.54. The average molecular weight is 431 g/mol. The second-order valence-corrected chi connectivity index (χ2v) is 9.31. The van der Waals surface area contributed by atoms with Gasteiger partial charge >= 0.3 is 0 Å². The van der Waals surface area contributed by atoms with Crippen LogP contribution in [0, 0.1) is 0 Å². The number of rotatable bonds is 7. The van der Waals surface area contributed by atoms with Crippen LogP contribution in [-0.4, -0.2) is 49.8 Å². The highest BCUT2D eigenvalue weighted by molar-refractivity contribution is 7.89. The summed E-state index contributed by atoms with van der Waals surface area (Å²) in [6, 6.07) is 9.77. The van der Waals surface area contributed by atoms with Gasteiger partial charge < -0.3 is 10.2 Å². The summed E-state index contributed by atoms with van der Waals surface area (Å²) >= 11 is 0. The maximum atomic E-state index is 12.6. The van der Waals surface area contributed by atoms with E-state index in [1.165, 1.54) is 54.3 Å². The Morgan fingerprint density at radius 2 is 1.63 bits per heavy atom. The van der Waals surface area contributed by atoms with Gasteiger partial charge in [0.1, 0.15) is 5.82 Å². The van der Waals surface area contributed by atoms with Gasteiger partial charge in [0, 0.05) is 31.7 Å². The zero-order valence-corrected chi connectivity index (χ0v) is 18.5. The van der Waals surface area contributed by atoms with Crippen LogP contribution in [-0.2, 0) is 10.0 Å². The van der Waals surface area contributed by atoms with E-state index in [0.29, 0.717) is 24.5 Å². The van der Waals surface area contributed by atoms with Gasteiger partial charge in [0.25, 0.3) is 5.91 Å². The fourth-order valence-corrected chi connectivity index (χ4v) is 5.11. The smallest absolute Gasteiger partial charge is 0.256 e. The van der Waals surface area contributed by atoms with Gasteiger partial charge in [-0.1, -0.05) is 26.7 Å². The number of sulfonamides is 1. The summed E-state index contributed by atoms with van der Waals surface area (Å²) in [5, 5.41) is 2.78. The van der Waals surface area contributed by atoms with Gasteiger partial charge in [-0.3, -0.25) is 4.79 Å². The quantitative estimate of drug-likeness (QED) is 0.723. The van der Waals surface area contributed by atoms with E-state index in [0.717, 1.165) is 18.8 Å². The Morgan fingerprint density at radius 3 is 2.17 bits per heavy atom. The number of hydrogen-bond acceptors (Lipinski definition) is 5. The molecule has 8 heteroatoms. The second-order valence-electron chi connectivity index (χ2n) is 7.37. The summed E-state index contributed by atoms with van der Waals surface area (Å²) < 4.78 is 26.5. The van der Waals surface area contributed by atoms with E-state index in [1.54, 1.807) is 26.1 Å². The normalized spacial score (nSPS) is 15.1. The molecule has 0 aliphatic carbocycles. The summed E-state index contributed by atoms with van der Waals surface area (Å²) in [5.74, 6) is 0.148. The van der Waals surface area contributed by atoms with Crippen LogP contribution in [0.25, 0.3) is 0 Å². The molecule has 0 saturated carbocycles. The van der Waals surface area contributed by atoms with Crippen molar-refractivity contribution in [2.45, 2.75) is 44.4 Å². The molecule has 30 heavy (non-hydrogen) atoms. The van der Waals surface area contributed by atoms with Crippen LogP contribution in [0.2, 0.25) is 0 Å². The van der Waals surface area contributed by atoms with Gasteiger partial charge in [0.15, 0.2) is 0 Å². The third kappa shape index (κ3) is 5.17. The fraction of sp³-hybridized carbons (Fsp3) is 0.455. The van der Waals surface area contributed by atoms with Crippen LogP contribution in [0.5, 0.6) is 0 Å². The molecule has 0 atom stereocenters. The summed E-state index contributed by atoms with van der Waals surface area (Å²) in [7, 11) is -3.54. The molecule has 1 aliphatic rings. The van der Waals surface area contributed by atoms with Crippen LogP contribution in [0.15, 0.2) is 47.5 Å². The minimum absolute atomic E-state index is 0.183. The predicted molar refractivity (Wildman–Crippen MR) is 119 cm³/mol. The molecular weight excluding hydrogens is 400 g/mol. The minimum Gasteiger partial charge on any atom is -0.370 e. The molecule has 0 spiro atoms. The summed E-state index contributed by atoms with van der Waals surface area (Å²) in [6.07, 6.45) is 6.72. The number of pyridine rings is 1. The first-order valence-electron chi connectivity index (χ1n) is 10.6. The van der Waals surface area contributed by atoms with Crippen LogP contribution in [0.4, 0.5) is 11.5 Å². The number of anilines is 2. The number of nitrogens with zero attached hydrogens (tertiary/aromatic N) is 3. The lowest BCUT2D eigenvalue weighted by molar-refractivity contribution is 0.102. The Labute approximate surface area is 179 Å². The first-order chi connectivity index (χ1) is 14.5. The van der Waals surface area contributed by atoms with Crippen molar-refractivity contribution in [1.29, 1.82) is 0 Å². The number of benzene rings is 1. The van der Waals surface area contributed by atoms with Crippen LogP contribution in [0.1, 0.15) is 49.9 Å². The van der Waals surface area contributed by atoms with Crippen LogP contribution < -0.4 is 10.2 Å². The molecule has 1 aromatic heterocycles. The van der Waals surface area contributed by atoms with E-state index < -0.39 is 10.0 Å². The van der Waals surface area contributed by atoms with Crippen molar-refractivity contribution in [2.75, 3.05) is 36.4 Å². The summed E-state index contributed by atoms with van der Waals surface area (Å²) in [4.78, 5) is 19.4. The van der Waals surface area contributed by atoms with Crippen LogP contribution in [0.3, 0.4) is 0 Å². The number of carbonyl (C=O) groups is 1. The monoisotopic (exact) mass is 430 g/mol. The van der Waals surface area contributed by atoms with E-state index in [9.17, 15) is 13.2 Å². The average Bonchev–Trinajstić information content (AvgIpc) is 3.05. The van der Waals surface area contributed by atoms with Crippen molar-refractivity contribution in [3.8, 4) is 0 Å². The van der Waals surface area contributed by atoms with Gasteiger partial charge in [-0.15, -0.1) is 0 Å². The van der Waals surface area contributed by atoms with E-state index in [-0.39, 0.29) is 10.8 Å². The van der Waals surface area contributed by atoms with Gasteiger partial charge in [-0.2, -0.15) is 4.31 Å². The first-order valence-corrected chi connectivity index (χ1v) is 12.0. The molecule has 162 valence electrons. The molecule has 2 aromatic rings. The Morgan fingerprint density at radius 1 is 1.00 bits per heavy atom. The molecule has 7 nitrogen and oxygen atoms in total. The molecule has 1 amide bonds. The summed E-state index contributed by atoms with van der Waals surface area (Å²) in [5.41, 5.74) is 1.45. The molecule has 0 unspecified atom stereocenters. The number of aromatic nitrogens is 1. The predicted octanol–water partition coefficient (Wildman–Crippen LogP) is 3.74. The molecule has 0 radical (unpaired) electrons. The Balaban J connectivity index is 1.66. The van der Waals surface area contributed by atoms with Crippen molar-refractivity contribution in [1.82, 2.24) is 9.29 Å². The Hall–Kier alpha value is -2.45. The highest BCUT2D eigenvalue weighted by atomic mass is 32.2. The van der Waals surface area contributed by atoms with Crippen molar-refractivity contribution in [3.63, 3.8) is 0 Å². The van der Waals surface area contributed by atoms with Crippen molar-refractivity contribution < 1.29 is 13.2 Å². The fourth-order valence-electron chi connectivity index (χ4n) is 3.66. The van der Waals surface area contributed by atoms with Crippen molar-refractivity contribution in [2.24, 2.45) is 0 Å². The molecule has 1 N–H and O–H groups in total. The molecule has 1 aromatic carbocycles. The van der Waals surface area contributed by atoms with Crippen molar-refractivity contribution in [3.05, 3.63) is 48.2 Å². The first kappa shape index (κ1) is 22.2. The molecule has 1 fully saturated rings. The van der Waals surface area contributed by atoms with Crippen molar-refractivity contribution >= 4 is 27.4 Å². The van der Waals surface area contributed by atoms with Crippen LogP contribution >= 0.6 is 0 Å². The maximum absolute atomic E-state index is 12.6. The standard InChI is InChI=1S/C22H30N4O3S/c1-3-26(4-2)30(28,29)20-12-9-18(10-13-20)22(27)24-21-14-11-19(17-23-21)25-15-7-5-6-8-16-25/h9-14,17H,3-8,15-16H2,1-2H3,(H,23,24,27). The SMILES string of the molecule is CCN(CC)S(=O)(=O)c1ccc(C(=O)Nc2ccc(N3CCCCCC3)cn2)cc1. The number of nitrogens with one attached hydrogen (secondary N) is 1. The molecule has 1 aliphatic heterocycles. The molecule has 3 rings (SSSR count). The van der Waals surface area contributed by atoms with E-state index in [2.05, 4.69) is 15.2 Å². The third-order valence-corrected chi connectivity index (χ3v) is 7.48. The lowest BCUT2D eigenvalue weighted by Crippen LogP contribution is -2.30. The molecule has 2 heterocycles. The Kier molecular flexibility index (Phi) is 7.44. The topological polar surface area (TPSA) is 82.6 Å². The number of amides is 1. The lowest BCUT2D eigenvalue weighted by atomic mass is 10.2. The lowest BCUT2D eigenvalue weighted by Gasteiger charge is -2.22. The highest BCUT2D eigenvalue weighted by Gasteiger charge is 2.21. The van der Waals surface area contributed by atoms with Gasteiger partial charge in [0.05, 0.1) is 16.8 Å². The number of carbonyl (C=O) groups excluding carboxylic acids is 1. The zero-order valence-electron chi connectivity index (χ0n) is 17.7.